The smallest absolute Gasteiger partial charge is 0.327 e. The minimum atomic E-state index is -0.983. The Bertz CT molecular complexity index is 871. The van der Waals surface area contributed by atoms with Gasteiger partial charge in [0, 0.05) is 11.7 Å². The molecule has 2 atom stereocenters. The summed E-state index contributed by atoms with van der Waals surface area (Å²) < 4.78 is 11.4. The number of carbonyl (C=O) groups is 2. The van der Waals surface area contributed by atoms with E-state index in [0.717, 1.165) is 11.1 Å². The summed E-state index contributed by atoms with van der Waals surface area (Å²) in [6.45, 7) is 3.97. The Hall–Kier alpha value is -2.67. The lowest BCUT2D eigenvalue weighted by Gasteiger charge is -2.29. The van der Waals surface area contributed by atoms with Gasteiger partial charge in [0.15, 0.2) is 11.5 Å². The lowest BCUT2D eigenvalue weighted by molar-refractivity contribution is -0.150. The third kappa shape index (κ3) is 4.67. The number of carbonyl (C=O) groups excluding carboxylic acids is 1. The predicted octanol–water partition coefficient (Wildman–Crippen LogP) is 3.96. The second-order valence-electron chi connectivity index (χ2n) is 7.12. The molecular formula is C22H25NO5S. The van der Waals surface area contributed by atoms with E-state index in [9.17, 15) is 14.7 Å². The van der Waals surface area contributed by atoms with E-state index >= 15 is 0 Å². The molecule has 1 N–H and O–H groups in total. The number of carboxylic acid groups (broad SMARTS) is 1. The summed E-state index contributed by atoms with van der Waals surface area (Å²) in [6, 6.07) is 14.5. The number of carboxylic acids is 1. The zero-order valence-corrected chi connectivity index (χ0v) is 17.5. The van der Waals surface area contributed by atoms with E-state index in [4.69, 9.17) is 9.47 Å². The summed E-state index contributed by atoms with van der Waals surface area (Å²) in [4.78, 5) is 25.9. The Labute approximate surface area is 174 Å². The number of benzene rings is 2. The molecule has 1 aliphatic rings. The van der Waals surface area contributed by atoms with Crippen LogP contribution in [0, 0.1) is 5.92 Å². The van der Waals surface area contributed by atoms with Crippen molar-refractivity contribution in [2.75, 3.05) is 12.9 Å². The van der Waals surface area contributed by atoms with Gasteiger partial charge in [-0.1, -0.05) is 50.2 Å². The maximum atomic E-state index is 12.7. The van der Waals surface area contributed by atoms with Crippen LogP contribution in [0.5, 0.6) is 11.5 Å². The largest absolute Gasteiger partial charge is 0.493 e. The number of hydrogen-bond donors (Lipinski definition) is 1. The van der Waals surface area contributed by atoms with Gasteiger partial charge < -0.3 is 19.5 Å². The van der Waals surface area contributed by atoms with Gasteiger partial charge in [-0.3, -0.25) is 4.79 Å². The van der Waals surface area contributed by atoms with Crippen LogP contribution in [-0.4, -0.2) is 40.8 Å². The predicted molar refractivity (Wildman–Crippen MR) is 112 cm³/mol. The van der Waals surface area contributed by atoms with Crippen LogP contribution in [0.3, 0.4) is 0 Å². The van der Waals surface area contributed by atoms with Crippen molar-refractivity contribution in [2.24, 2.45) is 5.92 Å². The molecule has 0 saturated carbocycles. The van der Waals surface area contributed by atoms with E-state index in [0.29, 0.717) is 23.9 Å². The van der Waals surface area contributed by atoms with Crippen LogP contribution in [0.2, 0.25) is 0 Å². The van der Waals surface area contributed by atoms with E-state index < -0.39 is 12.0 Å². The SMILES string of the molecule is COc1cc(C2SCC(C(=O)O)N2C(=O)C(C)C)ccc1OCc1ccccc1. The van der Waals surface area contributed by atoms with Crippen molar-refractivity contribution < 1.29 is 24.2 Å². The molecule has 1 fully saturated rings. The molecule has 1 amide bonds. The number of aliphatic carboxylic acids is 1. The maximum Gasteiger partial charge on any atom is 0.327 e. The fourth-order valence-electron chi connectivity index (χ4n) is 3.21. The molecule has 0 bridgehead atoms. The molecule has 2 unspecified atom stereocenters. The number of thioether (sulfide) groups is 1. The standard InChI is InChI=1S/C22H25NO5S/c1-14(2)20(24)23-17(22(25)26)13-29-21(23)16-9-10-18(19(11-16)27-3)28-12-15-7-5-4-6-8-15/h4-11,14,17,21H,12-13H2,1-3H3,(H,25,26). The number of amides is 1. The Morgan fingerprint density at radius 1 is 1.17 bits per heavy atom. The molecule has 154 valence electrons. The van der Waals surface area contributed by atoms with Gasteiger partial charge in [0.1, 0.15) is 18.0 Å². The first-order valence-corrected chi connectivity index (χ1v) is 10.5. The molecule has 1 aliphatic heterocycles. The van der Waals surface area contributed by atoms with Gasteiger partial charge in [-0.25, -0.2) is 4.79 Å². The second-order valence-corrected chi connectivity index (χ2v) is 8.24. The Morgan fingerprint density at radius 3 is 2.52 bits per heavy atom. The van der Waals surface area contributed by atoms with Gasteiger partial charge in [-0.2, -0.15) is 0 Å². The first kappa shape index (κ1) is 21.0. The average molecular weight is 416 g/mol. The molecule has 0 spiro atoms. The molecule has 6 nitrogen and oxygen atoms in total. The van der Waals surface area contributed by atoms with Crippen molar-refractivity contribution in [3.63, 3.8) is 0 Å². The quantitative estimate of drug-likeness (QED) is 0.738. The summed E-state index contributed by atoms with van der Waals surface area (Å²) in [5.74, 6) is 0.0647. The first-order valence-electron chi connectivity index (χ1n) is 9.43. The van der Waals surface area contributed by atoms with Gasteiger partial charge in [0.25, 0.3) is 0 Å². The number of methoxy groups -OCH3 is 1. The van der Waals surface area contributed by atoms with Crippen molar-refractivity contribution in [3.05, 3.63) is 59.7 Å². The molecule has 0 radical (unpaired) electrons. The van der Waals surface area contributed by atoms with Crippen LogP contribution in [-0.2, 0) is 16.2 Å². The second kappa shape index (κ2) is 9.22. The molecular weight excluding hydrogens is 390 g/mol. The Kier molecular flexibility index (Phi) is 6.69. The molecule has 0 aromatic heterocycles. The van der Waals surface area contributed by atoms with Gasteiger partial charge >= 0.3 is 5.97 Å². The molecule has 1 saturated heterocycles. The number of rotatable bonds is 7. The fourth-order valence-corrected chi connectivity index (χ4v) is 4.63. The highest BCUT2D eigenvalue weighted by Crippen LogP contribution is 2.44. The molecule has 1 heterocycles. The third-order valence-corrected chi connectivity index (χ3v) is 6.07. The van der Waals surface area contributed by atoms with Crippen LogP contribution < -0.4 is 9.47 Å². The van der Waals surface area contributed by atoms with Gasteiger partial charge in [0.05, 0.1) is 7.11 Å². The molecule has 2 aromatic rings. The van der Waals surface area contributed by atoms with Crippen LogP contribution in [0.4, 0.5) is 0 Å². The van der Waals surface area contributed by atoms with Crippen LogP contribution in [0.1, 0.15) is 30.3 Å². The summed E-state index contributed by atoms with van der Waals surface area (Å²) in [6.07, 6.45) is 0. The van der Waals surface area contributed by atoms with E-state index in [1.54, 1.807) is 21.0 Å². The summed E-state index contributed by atoms with van der Waals surface area (Å²) in [7, 11) is 1.56. The van der Waals surface area contributed by atoms with Crippen LogP contribution in [0.25, 0.3) is 0 Å². The first-order chi connectivity index (χ1) is 13.9. The number of ether oxygens (including phenoxy) is 2. The normalized spacial score (nSPS) is 18.7. The topological polar surface area (TPSA) is 76.1 Å². The minimum Gasteiger partial charge on any atom is -0.493 e. The highest BCUT2D eigenvalue weighted by Gasteiger charge is 2.43. The van der Waals surface area contributed by atoms with E-state index in [-0.39, 0.29) is 17.2 Å². The van der Waals surface area contributed by atoms with E-state index in [1.807, 2.05) is 48.5 Å². The Balaban J connectivity index is 1.84. The number of nitrogens with zero attached hydrogens (tertiary/aromatic N) is 1. The third-order valence-electron chi connectivity index (χ3n) is 4.74. The van der Waals surface area contributed by atoms with Crippen LogP contribution in [0.15, 0.2) is 48.5 Å². The summed E-state index contributed by atoms with van der Waals surface area (Å²) >= 11 is 1.45. The molecule has 3 rings (SSSR count). The highest BCUT2D eigenvalue weighted by atomic mass is 32.2. The minimum absolute atomic E-state index is 0.171. The van der Waals surface area contributed by atoms with Crippen molar-refractivity contribution in [2.45, 2.75) is 31.9 Å². The fraction of sp³-hybridized carbons (Fsp3) is 0.364. The lowest BCUT2D eigenvalue weighted by Crippen LogP contribution is -2.44. The summed E-state index contributed by atoms with van der Waals surface area (Å²) in [5.41, 5.74) is 1.86. The summed E-state index contributed by atoms with van der Waals surface area (Å²) in [5, 5.41) is 9.18. The van der Waals surface area contributed by atoms with E-state index in [1.165, 1.54) is 16.7 Å². The maximum absolute atomic E-state index is 12.7. The van der Waals surface area contributed by atoms with Gasteiger partial charge in [-0.05, 0) is 23.3 Å². The Morgan fingerprint density at radius 2 is 1.90 bits per heavy atom. The van der Waals surface area contributed by atoms with Crippen molar-refractivity contribution in [3.8, 4) is 11.5 Å². The monoisotopic (exact) mass is 415 g/mol. The van der Waals surface area contributed by atoms with Crippen molar-refractivity contribution in [1.82, 2.24) is 4.90 Å². The van der Waals surface area contributed by atoms with E-state index in [2.05, 4.69) is 0 Å². The molecule has 29 heavy (non-hydrogen) atoms. The number of hydrogen-bond acceptors (Lipinski definition) is 5. The van der Waals surface area contributed by atoms with Crippen molar-refractivity contribution in [1.29, 1.82) is 0 Å². The molecule has 2 aromatic carbocycles. The van der Waals surface area contributed by atoms with Crippen LogP contribution >= 0.6 is 11.8 Å². The van der Waals surface area contributed by atoms with Gasteiger partial charge in [0.2, 0.25) is 5.91 Å². The van der Waals surface area contributed by atoms with Gasteiger partial charge in [-0.15, -0.1) is 11.8 Å². The lowest BCUT2D eigenvalue weighted by atomic mass is 10.1. The molecule has 0 aliphatic carbocycles. The average Bonchev–Trinajstić information content (AvgIpc) is 3.17. The van der Waals surface area contributed by atoms with Crippen molar-refractivity contribution >= 4 is 23.6 Å². The molecule has 7 heteroatoms. The zero-order chi connectivity index (χ0) is 21.0. The zero-order valence-electron chi connectivity index (χ0n) is 16.7. The highest BCUT2D eigenvalue weighted by molar-refractivity contribution is 7.99.